The summed E-state index contributed by atoms with van der Waals surface area (Å²) in [5, 5.41) is 17.6. The van der Waals surface area contributed by atoms with Crippen LogP contribution >= 0.6 is 0 Å². The van der Waals surface area contributed by atoms with E-state index in [4.69, 9.17) is 10.2 Å². The van der Waals surface area contributed by atoms with Crippen molar-refractivity contribution in [2.75, 3.05) is 0 Å². The molecule has 1 aromatic heterocycles. The van der Waals surface area contributed by atoms with E-state index in [0.29, 0.717) is 0 Å². The summed E-state index contributed by atoms with van der Waals surface area (Å²) in [6.45, 7) is 0. The zero-order chi connectivity index (χ0) is 14.9. The highest BCUT2D eigenvalue weighted by atomic mass is 19.1. The lowest BCUT2D eigenvalue weighted by Crippen LogP contribution is -2.16. The van der Waals surface area contributed by atoms with E-state index in [1.807, 2.05) is 0 Å². The third kappa shape index (κ3) is 2.41. The predicted molar refractivity (Wildman–Crippen MR) is 66.4 cm³/mol. The number of pyridine rings is 1. The highest BCUT2D eigenvalue weighted by Crippen LogP contribution is 2.21. The molecule has 2 rings (SSSR count). The van der Waals surface area contributed by atoms with Crippen LogP contribution in [0.15, 0.2) is 35.3 Å². The van der Waals surface area contributed by atoms with Crippen molar-refractivity contribution >= 4 is 11.9 Å². The normalized spacial score (nSPS) is 10.2. The third-order valence-corrected chi connectivity index (χ3v) is 2.67. The van der Waals surface area contributed by atoms with Gasteiger partial charge < -0.3 is 15.2 Å². The summed E-state index contributed by atoms with van der Waals surface area (Å²) in [5.41, 5.74) is -1.23. The van der Waals surface area contributed by atoms with Crippen LogP contribution in [0.2, 0.25) is 0 Å². The van der Waals surface area contributed by atoms with Crippen LogP contribution in [-0.2, 0) is 0 Å². The number of nitrogens with one attached hydrogen (secondary N) is 1. The molecule has 0 radical (unpaired) electrons. The van der Waals surface area contributed by atoms with Gasteiger partial charge in [0.05, 0.1) is 5.56 Å². The zero-order valence-corrected chi connectivity index (χ0v) is 9.88. The third-order valence-electron chi connectivity index (χ3n) is 2.67. The van der Waals surface area contributed by atoms with Crippen LogP contribution in [-0.4, -0.2) is 27.1 Å². The van der Waals surface area contributed by atoms with Crippen LogP contribution in [0.5, 0.6) is 0 Å². The van der Waals surface area contributed by atoms with Crippen molar-refractivity contribution in [1.29, 1.82) is 0 Å². The summed E-state index contributed by atoms with van der Waals surface area (Å²) < 4.78 is 13.6. The molecule has 0 aliphatic carbocycles. The van der Waals surface area contributed by atoms with Gasteiger partial charge in [-0.3, -0.25) is 4.79 Å². The van der Waals surface area contributed by atoms with Crippen molar-refractivity contribution in [2.24, 2.45) is 0 Å². The van der Waals surface area contributed by atoms with Crippen molar-refractivity contribution in [1.82, 2.24) is 4.98 Å². The fourth-order valence-electron chi connectivity index (χ4n) is 1.68. The lowest BCUT2D eigenvalue weighted by atomic mass is 10.0. The number of carbonyl (C=O) groups is 2. The summed E-state index contributed by atoms with van der Waals surface area (Å²) >= 11 is 0. The predicted octanol–water partition coefficient (Wildman–Crippen LogP) is 1.58. The molecule has 0 bridgehead atoms. The minimum atomic E-state index is -1.41. The molecule has 6 nitrogen and oxygen atoms in total. The molecular weight excluding hydrogens is 269 g/mol. The molecule has 1 heterocycles. The maximum atomic E-state index is 13.6. The number of aromatic nitrogens is 1. The number of benzene rings is 1. The zero-order valence-electron chi connectivity index (χ0n) is 9.88. The number of carboxylic acid groups (broad SMARTS) is 2. The molecule has 0 unspecified atom stereocenters. The fourth-order valence-corrected chi connectivity index (χ4v) is 1.68. The van der Waals surface area contributed by atoms with Gasteiger partial charge in [0, 0.05) is 6.20 Å². The quantitative estimate of drug-likeness (QED) is 0.789. The Morgan fingerprint density at radius 3 is 2.20 bits per heavy atom. The van der Waals surface area contributed by atoms with Gasteiger partial charge in [-0.2, -0.15) is 0 Å². The average Bonchev–Trinajstić information content (AvgIpc) is 2.38. The number of rotatable bonds is 3. The first-order valence-corrected chi connectivity index (χ1v) is 5.39. The van der Waals surface area contributed by atoms with Crippen LogP contribution < -0.4 is 5.56 Å². The van der Waals surface area contributed by atoms with E-state index in [2.05, 4.69) is 4.98 Å². The first kappa shape index (κ1) is 13.5. The van der Waals surface area contributed by atoms with Crippen LogP contribution in [0.3, 0.4) is 0 Å². The summed E-state index contributed by atoms with van der Waals surface area (Å²) in [6.07, 6.45) is 1.23. The van der Waals surface area contributed by atoms with Crippen molar-refractivity contribution < 1.29 is 24.2 Å². The Morgan fingerprint density at radius 1 is 1.00 bits per heavy atom. The van der Waals surface area contributed by atoms with Gasteiger partial charge in [-0.15, -0.1) is 0 Å². The Hall–Kier alpha value is -2.96. The first-order valence-electron chi connectivity index (χ1n) is 5.39. The van der Waals surface area contributed by atoms with Gasteiger partial charge in [0.1, 0.15) is 11.4 Å². The highest BCUT2D eigenvalue weighted by molar-refractivity contribution is 5.90. The summed E-state index contributed by atoms with van der Waals surface area (Å²) in [7, 11) is 0. The fraction of sp³-hybridized carbons (Fsp3) is 0. The van der Waals surface area contributed by atoms with Gasteiger partial charge in [-0.1, -0.05) is 6.07 Å². The van der Waals surface area contributed by atoms with Crippen LogP contribution in [0.1, 0.15) is 20.7 Å². The molecule has 0 amide bonds. The Balaban J connectivity index is 2.55. The van der Waals surface area contributed by atoms with E-state index in [9.17, 15) is 18.8 Å². The molecule has 0 spiro atoms. The highest BCUT2D eigenvalue weighted by Gasteiger charge is 2.13. The van der Waals surface area contributed by atoms with E-state index in [1.54, 1.807) is 0 Å². The molecule has 0 fully saturated rings. The molecule has 0 saturated heterocycles. The molecule has 3 N–H and O–H groups in total. The number of hydrogen-bond acceptors (Lipinski definition) is 3. The SMILES string of the molecule is O=C(O)c1ccc(-c2c[nH]c(=O)c(C(=O)O)c2)cc1F. The van der Waals surface area contributed by atoms with E-state index in [-0.39, 0.29) is 11.1 Å². The number of hydrogen-bond donors (Lipinski definition) is 3. The van der Waals surface area contributed by atoms with Crippen LogP contribution in [0.4, 0.5) is 4.39 Å². The first-order chi connectivity index (χ1) is 9.40. The molecule has 2 aromatic rings. The van der Waals surface area contributed by atoms with Crippen molar-refractivity contribution in [3.05, 3.63) is 57.8 Å². The standard InChI is InChI=1S/C13H8FNO5/c14-10-4-6(1-2-8(10)12(17)18)7-3-9(13(19)20)11(16)15-5-7/h1-5H,(H,15,16)(H,17,18)(H,19,20). The molecular formula is C13H8FNO5. The van der Waals surface area contributed by atoms with E-state index < -0.39 is 34.4 Å². The maximum absolute atomic E-state index is 13.6. The average molecular weight is 277 g/mol. The second-order valence-corrected chi connectivity index (χ2v) is 3.94. The Morgan fingerprint density at radius 2 is 1.65 bits per heavy atom. The van der Waals surface area contributed by atoms with Crippen molar-refractivity contribution in [3.8, 4) is 11.1 Å². The topological polar surface area (TPSA) is 107 Å². The number of aromatic carboxylic acids is 2. The minimum Gasteiger partial charge on any atom is -0.478 e. The Bertz CT molecular complexity index is 766. The minimum absolute atomic E-state index is 0.256. The monoisotopic (exact) mass is 277 g/mol. The molecule has 0 aliphatic heterocycles. The van der Waals surface area contributed by atoms with Crippen LogP contribution in [0.25, 0.3) is 11.1 Å². The second-order valence-electron chi connectivity index (χ2n) is 3.94. The lowest BCUT2D eigenvalue weighted by Gasteiger charge is -2.04. The molecule has 20 heavy (non-hydrogen) atoms. The van der Waals surface area contributed by atoms with Crippen LogP contribution in [0, 0.1) is 5.82 Å². The summed E-state index contributed by atoms with van der Waals surface area (Å²) in [5.74, 6) is -3.75. The lowest BCUT2D eigenvalue weighted by molar-refractivity contribution is 0.0682. The molecule has 102 valence electrons. The van der Waals surface area contributed by atoms with E-state index >= 15 is 0 Å². The van der Waals surface area contributed by atoms with Gasteiger partial charge in [0.15, 0.2) is 0 Å². The van der Waals surface area contributed by atoms with Crippen molar-refractivity contribution in [2.45, 2.75) is 0 Å². The van der Waals surface area contributed by atoms with Gasteiger partial charge >= 0.3 is 11.9 Å². The molecule has 0 atom stereocenters. The Kier molecular flexibility index (Phi) is 3.34. The maximum Gasteiger partial charge on any atom is 0.341 e. The van der Waals surface area contributed by atoms with E-state index in [1.165, 1.54) is 12.3 Å². The number of aromatic amines is 1. The number of halogens is 1. The van der Waals surface area contributed by atoms with E-state index in [0.717, 1.165) is 18.2 Å². The number of H-pyrrole nitrogens is 1. The number of carboxylic acids is 2. The molecule has 0 aliphatic rings. The largest absolute Gasteiger partial charge is 0.478 e. The molecule has 1 aromatic carbocycles. The van der Waals surface area contributed by atoms with Gasteiger partial charge in [0.25, 0.3) is 5.56 Å². The smallest absolute Gasteiger partial charge is 0.341 e. The van der Waals surface area contributed by atoms with Gasteiger partial charge in [-0.05, 0) is 29.3 Å². The summed E-state index contributed by atoms with van der Waals surface area (Å²) in [6, 6.07) is 4.45. The molecule has 0 saturated carbocycles. The summed E-state index contributed by atoms with van der Waals surface area (Å²) in [4.78, 5) is 35.0. The second kappa shape index (κ2) is 4.96. The van der Waals surface area contributed by atoms with Gasteiger partial charge in [0.2, 0.25) is 0 Å². The Labute approximate surface area is 111 Å². The van der Waals surface area contributed by atoms with Crippen molar-refractivity contribution in [3.63, 3.8) is 0 Å². The van der Waals surface area contributed by atoms with Gasteiger partial charge in [-0.25, -0.2) is 14.0 Å². The molecule has 7 heteroatoms.